The lowest BCUT2D eigenvalue weighted by Gasteiger charge is -2.08. The Bertz CT molecular complexity index is 619. The van der Waals surface area contributed by atoms with Crippen LogP contribution in [0.15, 0.2) is 30.0 Å². The number of non-ortho nitro benzene ring substituents is 1. The Morgan fingerprint density at radius 2 is 2.29 bits per heavy atom. The molecule has 0 heterocycles. The second kappa shape index (κ2) is 7.49. The highest BCUT2D eigenvalue weighted by Gasteiger charge is 2.13. The number of hydrogen-bond acceptors (Lipinski definition) is 7. The van der Waals surface area contributed by atoms with E-state index in [2.05, 4.69) is 5.32 Å². The van der Waals surface area contributed by atoms with Gasteiger partial charge in [0.1, 0.15) is 11.8 Å². The van der Waals surface area contributed by atoms with E-state index >= 15 is 0 Å². The SMILES string of the molecule is CCOC(=O)/C(C#N)=C/Nc1ccc([N+](=O)[O-])cc1OC. The van der Waals surface area contributed by atoms with Crippen LogP contribution in [-0.2, 0) is 9.53 Å². The molecule has 8 heteroatoms. The normalized spacial score (nSPS) is 10.4. The van der Waals surface area contributed by atoms with Crippen LogP contribution in [0.4, 0.5) is 11.4 Å². The molecular formula is C13H13N3O5. The Kier molecular flexibility index (Phi) is 5.70. The number of benzene rings is 1. The van der Waals surface area contributed by atoms with Gasteiger partial charge in [-0.05, 0) is 13.0 Å². The summed E-state index contributed by atoms with van der Waals surface area (Å²) in [5.74, 6) is -0.546. The number of rotatable bonds is 6. The van der Waals surface area contributed by atoms with Crippen LogP contribution >= 0.6 is 0 Å². The Morgan fingerprint density at radius 1 is 1.57 bits per heavy atom. The Labute approximate surface area is 120 Å². The lowest BCUT2D eigenvalue weighted by Crippen LogP contribution is -2.08. The fraction of sp³-hybridized carbons (Fsp3) is 0.231. The maximum Gasteiger partial charge on any atom is 0.350 e. The van der Waals surface area contributed by atoms with Crippen molar-refractivity contribution in [1.29, 1.82) is 5.26 Å². The molecule has 110 valence electrons. The number of carbonyl (C=O) groups excluding carboxylic acids is 1. The largest absolute Gasteiger partial charge is 0.494 e. The first-order chi connectivity index (χ1) is 10.0. The minimum atomic E-state index is -0.756. The van der Waals surface area contributed by atoms with E-state index in [4.69, 9.17) is 14.7 Å². The number of methoxy groups -OCH3 is 1. The van der Waals surface area contributed by atoms with Crippen LogP contribution in [0.2, 0.25) is 0 Å². The molecular weight excluding hydrogens is 278 g/mol. The van der Waals surface area contributed by atoms with E-state index in [1.54, 1.807) is 13.0 Å². The lowest BCUT2D eigenvalue weighted by atomic mass is 10.2. The molecule has 1 aromatic carbocycles. The monoisotopic (exact) mass is 291 g/mol. The van der Waals surface area contributed by atoms with Crippen molar-refractivity contribution in [1.82, 2.24) is 0 Å². The smallest absolute Gasteiger partial charge is 0.350 e. The quantitative estimate of drug-likeness (QED) is 0.280. The highest BCUT2D eigenvalue weighted by Crippen LogP contribution is 2.29. The van der Waals surface area contributed by atoms with Crippen LogP contribution in [0.3, 0.4) is 0 Å². The van der Waals surface area contributed by atoms with Gasteiger partial charge >= 0.3 is 5.97 Å². The van der Waals surface area contributed by atoms with Crippen molar-refractivity contribution >= 4 is 17.3 Å². The van der Waals surface area contributed by atoms with Gasteiger partial charge in [-0.2, -0.15) is 5.26 Å². The minimum absolute atomic E-state index is 0.132. The number of nitro benzene ring substituents is 1. The van der Waals surface area contributed by atoms with Crippen molar-refractivity contribution in [2.24, 2.45) is 0 Å². The van der Waals surface area contributed by atoms with Gasteiger partial charge in [-0.15, -0.1) is 0 Å². The summed E-state index contributed by atoms with van der Waals surface area (Å²) in [4.78, 5) is 21.5. The molecule has 1 aromatic rings. The van der Waals surface area contributed by atoms with Gasteiger partial charge in [0.15, 0.2) is 5.57 Å². The van der Waals surface area contributed by atoms with Gasteiger partial charge in [0.25, 0.3) is 5.69 Å². The third-order valence-electron chi connectivity index (χ3n) is 2.38. The fourth-order valence-electron chi connectivity index (χ4n) is 1.41. The van der Waals surface area contributed by atoms with E-state index in [1.807, 2.05) is 0 Å². The van der Waals surface area contributed by atoms with Crippen LogP contribution in [-0.4, -0.2) is 24.6 Å². The van der Waals surface area contributed by atoms with Crippen LogP contribution in [0, 0.1) is 21.4 Å². The van der Waals surface area contributed by atoms with E-state index in [1.165, 1.54) is 25.3 Å². The van der Waals surface area contributed by atoms with Gasteiger partial charge in [-0.3, -0.25) is 10.1 Å². The Morgan fingerprint density at radius 3 is 2.81 bits per heavy atom. The van der Waals surface area contributed by atoms with Crippen molar-refractivity contribution in [3.05, 3.63) is 40.1 Å². The zero-order chi connectivity index (χ0) is 15.8. The molecule has 21 heavy (non-hydrogen) atoms. The molecule has 0 aliphatic carbocycles. The molecule has 0 bridgehead atoms. The van der Waals surface area contributed by atoms with Crippen LogP contribution < -0.4 is 10.1 Å². The number of hydrogen-bond donors (Lipinski definition) is 1. The first kappa shape index (κ1) is 16.0. The van der Waals surface area contributed by atoms with Crippen LogP contribution in [0.1, 0.15) is 6.92 Å². The summed E-state index contributed by atoms with van der Waals surface area (Å²) < 4.78 is 9.71. The second-order valence-corrected chi connectivity index (χ2v) is 3.68. The molecule has 0 radical (unpaired) electrons. The van der Waals surface area contributed by atoms with Crippen LogP contribution in [0.25, 0.3) is 0 Å². The second-order valence-electron chi connectivity index (χ2n) is 3.68. The van der Waals surface area contributed by atoms with E-state index in [0.29, 0.717) is 5.69 Å². The molecule has 8 nitrogen and oxygen atoms in total. The molecule has 0 aliphatic heterocycles. The standard InChI is InChI=1S/C13H13N3O5/c1-3-21-13(17)9(7-14)8-15-11-5-4-10(16(18)19)6-12(11)20-2/h4-6,8,15H,3H2,1-2H3/b9-8+. The van der Waals surface area contributed by atoms with Crippen LogP contribution in [0.5, 0.6) is 5.75 Å². The molecule has 0 aliphatic rings. The summed E-state index contributed by atoms with van der Waals surface area (Å²) in [6, 6.07) is 5.61. The summed E-state index contributed by atoms with van der Waals surface area (Å²) in [6.07, 6.45) is 1.15. The van der Waals surface area contributed by atoms with E-state index in [0.717, 1.165) is 6.20 Å². The van der Waals surface area contributed by atoms with Crippen molar-refractivity contribution in [3.63, 3.8) is 0 Å². The molecule has 0 saturated heterocycles. The van der Waals surface area contributed by atoms with Gasteiger partial charge in [0, 0.05) is 12.3 Å². The third kappa shape index (κ3) is 4.21. The average molecular weight is 291 g/mol. The summed E-state index contributed by atoms with van der Waals surface area (Å²) >= 11 is 0. The molecule has 1 N–H and O–H groups in total. The first-order valence-electron chi connectivity index (χ1n) is 5.89. The Balaban J connectivity index is 2.99. The molecule has 0 spiro atoms. The van der Waals surface area contributed by atoms with E-state index in [9.17, 15) is 14.9 Å². The predicted molar refractivity (Wildman–Crippen MR) is 73.6 cm³/mol. The summed E-state index contributed by atoms with van der Waals surface area (Å²) in [5, 5.41) is 22.2. The number of nitro groups is 1. The van der Waals surface area contributed by atoms with Gasteiger partial charge in [-0.1, -0.05) is 0 Å². The lowest BCUT2D eigenvalue weighted by molar-refractivity contribution is -0.384. The first-order valence-corrected chi connectivity index (χ1v) is 5.89. The highest BCUT2D eigenvalue weighted by molar-refractivity contribution is 5.93. The van der Waals surface area contributed by atoms with Crippen molar-refractivity contribution in [3.8, 4) is 11.8 Å². The maximum absolute atomic E-state index is 11.4. The van der Waals surface area contributed by atoms with Crippen molar-refractivity contribution in [2.75, 3.05) is 19.0 Å². The topological polar surface area (TPSA) is 114 Å². The number of carbonyl (C=O) groups is 1. The van der Waals surface area contributed by atoms with Gasteiger partial charge < -0.3 is 14.8 Å². The molecule has 0 unspecified atom stereocenters. The highest BCUT2D eigenvalue weighted by atomic mass is 16.6. The van der Waals surface area contributed by atoms with Gasteiger partial charge in [0.05, 0.1) is 30.4 Å². The van der Waals surface area contributed by atoms with E-state index in [-0.39, 0.29) is 23.6 Å². The van der Waals surface area contributed by atoms with Gasteiger partial charge in [-0.25, -0.2) is 4.79 Å². The minimum Gasteiger partial charge on any atom is -0.494 e. The maximum atomic E-state index is 11.4. The van der Waals surface area contributed by atoms with Gasteiger partial charge in [0.2, 0.25) is 0 Å². The summed E-state index contributed by atoms with van der Waals surface area (Å²) in [5.41, 5.74) is 0.0182. The number of esters is 1. The van der Waals surface area contributed by atoms with Crippen molar-refractivity contribution in [2.45, 2.75) is 6.92 Å². The predicted octanol–water partition coefficient (Wildman–Crippen LogP) is 1.99. The zero-order valence-corrected chi connectivity index (χ0v) is 11.5. The molecule has 0 fully saturated rings. The average Bonchev–Trinajstić information content (AvgIpc) is 2.48. The molecule has 0 amide bonds. The number of nitrogens with zero attached hydrogens (tertiary/aromatic N) is 2. The molecule has 1 rings (SSSR count). The van der Waals surface area contributed by atoms with E-state index < -0.39 is 10.9 Å². The number of nitrogens with one attached hydrogen (secondary N) is 1. The summed E-state index contributed by atoms with van der Waals surface area (Å²) in [7, 11) is 1.35. The summed E-state index contributed by atoms with van der Waals surface area (Å²) in [6.45, 7) is 1.78. The Hall–Kier alpha value is -3.08. The van der Waals surface area contributed by atoms with Crippen molar-refractivity contribution < 1.29 is 19.2 Å². The zero-order valence-electron chi connectivity index (χ0n) is 11.5. The molecule has 0 atom stereocenters. The fourth-order valence-corrected chi connectivity index (χ4v) is 1.41. The number of anilines is 1. The third-order valence-corrected chi connectivity index (χ3v) is 2.38. The number of nitriles is 1. The molecule has 0 saturated carbocycles. The molecule has 0 aromatic heterocycles. The number of ether oxygens (including phenoxy) is 2.